The van der Waals surface area contributed by atoms with Gasteiger partial charge in [0.05, 0.1) is 5.02 Å². The number of benzene rings is 2. The Morgan fingerprint density at radius 3 is 2.08 bits per heavy atom. The second kappa shape index (κ2) is 8.40. The van der Waals surface area contributed by atoms with Crippen molar-refractivity contribution in [1.82, 2.24) is 0 Å². The summed E-state index contributed by atoms with van der Waals surface area (Å²) in [7, 11) is -3.69. The van der Waals surface area contributed by atoms with Gasteiger partial charge in [-0.3, -0.25) is 4.72 Å². The molecule has 0 radical (unpaired) electrons. The van der Waals surface area contributed by atoms with Crippen molar-refractivity contribution in [3.8, 4) is 0 Å². The third kappa shape index (κ3) is 4.65. The van der Waals surface area contributed by atoms with E-state index < -0.39 is 10.0 Å². The highest BCUT2D eigenvalue weighted by Gasteiger charge is 2.17. The highest BCUT2D eigenvalue weighted by molar-refractivity contribution is 7.92. The van der Waals surface area contributed by atoms with Crippen molar-refractivity contribution < 1.29 is 8.42 Å². The Morgan fingerprint density at radius 1 is 0.958 bits per heavy atom. The van der Waals surface area contributed by atoms with Crippen LogP contribution in [0, 0.1) is 0 Å². The van der Waals surface area contributed by atoms with E-state index in [2.05, 4.69) is 23.5 Å². The Labute approximate surface area is 149 Å². The first-order valence-electron chi connectivity index (χ1n) is 8.10. The maximum absolute atomic E-state index is 12.4. The quantitative estimate of drug-likeness (QED) is 0.732. The van der Waals surface area contributed by atoms with Gasteiger partial charge in [-0.2, -0.15) is 0 Å². The van der Waals surface area contributed by atoms with E-state index in [1.165, 1.54) is 6.07 Å². The van der Waals surface area contributed by atoms with Crippen LogP contribution in [0.4, 0.5) is 11.4 Å². The van der Waals surface area contributed by atoms with E-state index >= 15 is 0 Å². The zero-order valence-corrected chi connectivity index (χ0v) is 15.6. The van der Waals surface area contributed by atoms with Gasteiger partial charge >= 0.3 is 0 Å². The number of sulfonamides is 1. The van der Waals surface area contributed by atoms with Crippen molar-refractivity contribution in [2.24, 2.45) is 0 Å². The van der Waals surface area contributed by atoms with Crippen molar-refractivity contribution >= 4 is 33.0 Å². The van der Waals surface area contributed by atoms with E-state index in [1.54, 1.807) is 30.3 Å². The molecule has 0 aliphatic carbocycles. The van der Waals surface area contributed by atoms with E-state index in [4.69, 9.17) is 11.6 Å². The Bertz CT molecular complexity index is 755. The maximum atomic E-state index is 12.4. The predicted octanol–water partition coefficient (Wildman–Crippen LogP) is 4.77. The van der Waals surface area contributed by atoms with Crippen LogP contribution in [-0.2, 0) is 10.0 Å². The van der Waals surface area contributed by atoms with Crippen LogP contribution in [-0.4, -0.2) is 21.5 Å². The third-order valence-electron chi connectivity index (χ3n) is 3.60. The number of hydrogen-bond donors (Lipinski definition) is 1. The molecule has 2 rings (SSSR count). The van der Waals surface area contributed by atoms with Gasteiger partial charge in [0.15, 0.2) is 0 Å². The smallest absolute Gasteiger partial charge is 0.263 e. The Morgan fingerprint density at radius 2 is 1.54 bits per heavy atom. The average Bonchev–Trinajstić information content (AvgIpc) is 2.55. The number of hydrogen-bond acceptors (Lipinski definition) is 3. The zero-order valence-electron chi connectivity index (χ0n) is 14.0. The number of nitrogens with zero attached hydrogens (tertiary/aromatic N) is 1. The SMILES string of the molecule is CCCN(CCC)c1ccc(NS(=O)(=O)c2ccccc2Cl)cc1. The van der Waals surface area contributed by atoms with Crippen LogP contribution in [0.3, 0.4) is 0 Å². The maximum Gasteiger partial charge on any atom is 0.263 e. The number of halogens is 1. The van der Waals surface area contributed by atoms with E-state index in [1.807, 2.05) is 12.1 Å². The molecule has 24 heavy (non-hydrogen) atoms. The van der Waals surface area contributed by atoms with Gasteiger partial charge in [-0.25, -0.2) is 8.42 Å². The fourth-order valence-corrected chi connectivity index (χ4v) is 4.10. The lowest BCUT2D eigenvalue weighted by molar-refractivity contribution is 0.601. The second-order valence-electron chi connectivity index (χ2n) is 5.57. The third-order valence-corrected chi connectivity index (χ3v) is 5.48. The molecule has 0 heterocycles. The van der Waals surface area contributed by atoms with Crippen LogP contribution in [0.5, 0.6) is 0 Å². The molecule has 0 aliphatic heterocycles. The lowest BCUT2D eigenvalue weighted by Gasteiger charge is -2.24. The normalized spacial score (nSPS) is 11.3. The standard InChI is InChI=1S/C18H23ClN2O2S/c1-3-13-21(14-4-2)16-11-9-15(10-12-16)20-24(22,23)18-8-6-5-7-17(18)19/h5-12,20H,3-4,13-14H2,1-2H3. The van der Waals surface area contributed by atoms with Gasteiger partial charge in [0.1, 0.15) is 4.90 Å². The van der Waals surface area contributed by atoms with E-state index in [0.717, 1.165) is 31.6 Å². The van der Waals surface area contributed by atoms with Crippen LogP contribution >= 0.6 is 11.6 Å². The van der Waals surface area contributed by atoms with E-state index in [0.29, 0.717) is 5.69 Å². The van der Waals surface area contributed by atoms with Gasteiger partial charge in [0.25, 0.3) is 10.0 Å². The molecule has 2 aromatic carbocycles. The molecule has 2 aromatic rings. The van der Waals surface area contributed by atoms with Crippen molar-refractivity contribution in [2.75, 3.05) is 22.7 Å². The largest absolute Gasteiger partial charge is 0.372 e. The van der Waals surface area contributed by atoms with Crippen molar-refractivity contribution in [3.63, 3.8) is 0 Å². The van der Waals surface area contributed by atoms with Crippen molar-refractivity contribution in [1.29, 1.82) is 0 Å². The molecule has 4 nitrogen and oxygen atoms in total. The molecule has 6 heteroatoms. The molecule has 0 bridgehead atoms. The van der Waals surface area contributed by atoms with Gasteiger partial charge in [-0.05, 0) is 49.2 Å². The number of anilines is 2. The minimum absolute atomic E-state index is 0.0781. The molecule has 0 aliphatic rings. The summed E-state index contributed by atoms with van der Waals surface area (Å²) in [6, 6.07) is 13.8. The highest BCUT2D eigenvalue weighted by atomic mass is 35.5. The second-order valence-corrected chi connectivity index (χ2v) is 7.63. The Kier molecular flexibility index (Phi) is 6.52. The topological polar surface area (TPSA) is 49.4 Å². The minimum Gasteiger partial charge on any atom is -0.372 e. The molecule has 0 saturated carbocycles. The molecule has 0 amide bonds. The predicted molar refractivity (Wildman–Crippen MR) is 101 cm³/mol. The molecular weight excluding hydrogens is 344 g/mol. The summed E-state index contributed by atoms with van der Waals surface area (Å²) in [6.07, 6.45) is 2.14. The van der Waals surface area contributed by atoms with Gasteiger partial charge in [0.2, 0.25) is 0 Å². The van der Waals surface area contributed by atoms with Crippen LogP contribution in [0.1, 0.15) is 26.7 Å². The molecule has 0 atom stereocenters. The average molecular weight is 367 g/mol. The van der Waals surface area contributed by atoms with Crippen LogP contribution in [0.25, 0.3) is 0 Å². The monoisotopic (exact) mass is 366 g/mol. The van der Waals surface area contributed by atoms with Crippen LogP contribution in [0.2, 0.25) is 5.02 Å². The van der Waals surface area contributed by atoms with E-state index in [9.17, 15) is 8.42 Å². The molecular formula is C18H23ClN2O2S. The molecule has 0 aromatic heterocycles. The van der Waals surface area contributed by atoms with E-state index in [-0.39, 0.29) is 9.92 Å². The summed E-state index contributed by atoms with van der Waals surface area (Å²) in [5, 5.41) is 0.207. The molecule has 1 N–H and O–H groups in total. The lowest BCUT2D eigenvalue weighted by Crippen LogP contribution is -2.24. The van der Waals surface area contributed by atoms with Gasteiger partial charge in [0, 0.05) is 24.5 Å². The van der Waals surface area contributed by atoms with Crippen LogP contribution < -0.4 is 9.62 Å². The molecule has 0 saturated heterocycles. The summed E-state index contributed by atoms with van der Waals surface area (Å²) >= 11 is 5.99. The fourth-order valence-electron chi connectivity index (χ4n) is 2.52. The van der Waals surface area contributed by atoms with Crippen LogP contribution in [0.15, 0.2) is 53.4 Å². The molecule has 0 fully saturated rings. The number of rotatable bonds is 8. The lowest BCUT2D eigenvalue weighted by atomic mass is 10.2. The van der Waals surface area contributed by atoms with Gasteiger partial charge in [-0.1, -0.05) is 37.6 Å². The minimum atomic E-state index is -3.69. The summed E-state index contributed by atoms with van der Waals surface area (Å²) in [6.45, 7) is 6.26. The molecule has 130 valence electrons. The summed E-state index contributed by atoms with van der Waals surface area (Å²) in [4.78, 5) is 2.38. The summed E-state index contributed by atoms with van der Waals surface area (Å²) in [5.41, 5.74) is 1.62. The Hall–Kier alpha value is -1.72. The zero-order chi connectivity index (χ0) is 17.6. The highest BCUT2D eigenvalue weighted by Crippen LogP contribution is 2.25. The number of nitrogens with one attached hydrogen (secondary N) is 1. The first-order chi connectivity index (χ1) is 11.5. The first-order valence-corrected chi connectivity index (χ1v) is 9.96. The van der Waals surface area contributed by atoms with Gasteiger partial charge < -0.3 is 4.90 Å². The summed E-state index contributed by atoms with van der Waals surface area (Å²) < 4.78 is 27.5. The fraction of sp³-hybridized carbons (Fsp3) is 0.333. The first kappa shape index (κ1) is 18.6. The van der Waals surface area contributed by atoms with Crippen molar-refractivity contribution in [3.05, 3.63) is 53.6 Å². The van der Waals surface area contributed by atoms with Gasteiger partial charge in [-0.15, -0.1) is 0 Å². The Balaban J connectivity index is 2.18. The summed E-state index contributed by atoms with van der Waals surface area (Å²) in [5.74, 6) is 0. The van der Waals surface area contributed by atoms with Crippen molar-refractivity contribution in [2.45, 2.75) is 31.6 Å². The molecule has 0 spiro atoms. The molecule has 0 unspecified atom stereocenters.